The largest absolute Gasteiger partial charge is 0.493 e. The molecule has 2 heterocycles. The van der Waals surface area contributed by atoms with E-state index in [4.69, 9.17) is 9.47 Å². The van der Waals surface area contributed by atoms with Gasteiger partial charge in [0.15, 0.2) is 11.5 Å². The molecule has 0 saturated carbocycles. The van der Waals surface area contributed by atoms with Crippen molar-refractivity contribution in [1.29, 1.82) is 0 Å². The fraction of sp³-hybridized carbons (Fsp3) is 0.333. The van der Waals surface area contributed by atoms with Crippen LogP contribution in [0.5, 0.6) is 11.5 Å². The van der Waals surface area contributed by atoms with E-state index in [2.05, 4.69) is 21.2 Å². The Morgan fingerprint density at radius 1 is 1.24 bits per heavy atom. The number of hydrogen-bond donors (Lipinski definition) is 3. The second kappa shape index (κ2) is 7.96. The number of amides is 1. The molecule has 2 atom stereocenters. The van der Waals surface area contributed by atoms with Crippen LogP contribution < -0.4 is 25.6 Å². The van der Waals surface area contributed by atoms with Crippen molar-refractivity contribution in [3.05, 3.63) is 53.9 Å². The highest BCUT2D eigenvalue weighted by molar-refractivity contribution is 5.80. The van der Waals surface area contributed by atoms with Crippen molar-refractivity contribution < 1.29 is 14.3 Å². The van der Waals surface area contributed by atoms with E-state index < -0.39 is 0 Å². The zero-order valence-electron chi connectivity index (χ0n) is 14.3. The van der Waals surface area contributed by atoms with Crippen molar-refractivity contribution in [2.24, 2.45) is 5.92 Å². The molecule has 7 heteroatoms. The van der Waals surface area contributed by atoms with Crippen LogP contribution in [0.15, 0.2) is 42.6 Å². The molecule has 1 aliphatic rings. The summed E-state index contributed by atoms with van der Waals surface area (Å²) in [5.41, 5.74) is 8.03. The van der Waals surface area contributed by atoms with Gasteiger partial charge in [0.1, 0.15) is 0 Å². The van der Waals surface area contributed by atoms with Gasteiger partial charge in [-0.15, -0.1) is 0 Å². The minimum atomic E-state index is -0.234. The number of rotatable bonds is 6. The number of hydrazine groups is 1. The number of ether oxygens (including phenoxy) is 2. The number of aromatic nitrogens is 1. The summed E-state index contributed by atoms with van der Waals surface area (Å²) in [7, 11) is 3.19. The van der Waals surface area contributed by atoms with Gasteiger partial charge in [-0.05, 0) is 29.8 Å². The van der Waals surface area contributed by atoms with Crippen molar-refractivity contribution in [2.75, 3.05) is 20.8 Å². The maximum Gasteiger partial charge on any atom is 0.226 e. The van der Waals surface area contributed by atoms with Crippen LogP contribution in [-0.2, 0) is 11.3 Å². The van der Waals surface area contributed by atoms with E-state index in [1.54, 1.807) is 20.4 Å². The molecule has 2 unspecified atom stereocenters. The summed E-state index contributed by atoms with van der Waals surface area (Å²) in [5, 5.41) is 2.95. The number of nitrogens with one attached hydrogen (secondary N) is 3. The number of methoxy groups -OCH3 is 2. The van der Waals surface area contributed by atoms with Gasteiger partial charge in [-0.2, -0.15) is 0 Å². The minimum Gasteiger partial charge on any atom is -0.493 e. The second-order valence-corrected chi connectivity index (χ2v) is 5.76. The highest BCUT2D eigenvalue weighted by Gasteiger charge is 2.34. The van der Waals surface area contributed by atoms with Crippen molar-refractivity contribution in [1.82, 2.24) is 21.2 Å². The van der Waals surface area contributed by atoms with E-state index >= 15 is 0 Å². The molecule has 1 aliphatic heterocycles. The SMILES string of the molecule is COc1ccc(C2NNCC2C(=O)NCc2ccccn2)cc1OC. The molecule has 0 bridgehead atoms. The van der Waals surface area contributed by atoms with Crippen molar-refractivity contribution in [3.8, 4) is 11.5 Å². The van der Waals surface area contributed by atoms with Crippen LogP contribution >= 0.6 is 0 Å². The molecule has 3 N–H and O–H groups in total. The van der Waals surface area contributed by atoms with Crippen LogP contribution in [0.25, 0.3) is 0 Å². The first-order valence-electron chi connectivity index (χ1n) is 8.11. The average Bonchev–Trinajstić information content (AvgIpc) is 3.16. The third-order valence-corrected chi connectivity index (χ3v) is 4.26. The highest BCUT2D eigenvalue weighted by Crippen LogP contribution is 2.33. The van der Waals surface area contributed by atoms with Gasteiger partial charge < -0.3 is 14.8 Å². The minimum absolute atomic E-state index is 0.0251. The van der Waals surface area contributed by atoms with Gasteiger partial charge in [-0.1, -0.05) is 12.1 Å². The Kier molecular flexibility index (Phi) is 5.47. The smallest absolute Gasteiger partial charge is 0.226 e. The molecule has 0 radical (unpaired) electrons. The first-order chi connectivity index (χ1) is 12.2. The topological polar surface area (TPSA) is 84.5 Å². The number of benzene rings is 1. The Morgan fingerprint density at radius 2 is 2.08 bits per heavy atom. The van der Waals surface area contributed by atoms with Crippen molar-refractivity contribution >= 4 is 5.91 Å². The molecule has 132 valence electrons. The quantitative estimate of drug-likeness (QED) is 0.731. The van der Waals surface area contributed by atoms with Gasteiger partial charge in [0.2, 0.25) is 5.91 Å². The number of carbonyl (C=O) groups is 1. The van der Waals surface area contributed by atoms with Crippen molar-refractivity contribution in [2.45, 2.75) is 12.6 Å². The predicted octanol–water partition coefficient (Wildman–Crippen LogP) is 1.18. The molecule has 1 fully saturated rings. The molecule has 3 rings (SSSR count). The summed E-state index contributed by atoms with van der Waals surface area (Å²) in [6.07, 6.45) is 1.71. The molecule has 7 nitrogen and oxygen atoms in total. The zero-order valence-corrected chi connectivity index (χ0v) is 14.3. The van der Waals surface area contributed by atoms with Crippen LogP contribution in [0.2, 0.25) is 0 Å². The Bertz CT molecular complexity index is 724. The number of pyridine rings is 1. The van der Waals surface area contributed by atoms with Gasteiger partial charge in [0, 0.05) is 12.7 Å². The third-order valence-electron chi connectivity index (χ3n) is 4.26. The summed E-state index contributed by atoms with van der Waals surface area (Å²) in [5.74, 6) is 1.04. The van der Waals surface area contributed by atoms with Gasteiger partial charge in [-0.25, -0.2) is 5.43 Å². The van der Waals surface area contributed by atoms with E-state index in [1.165, 1.54) is 0 Å². The molecular weight excluding hydrogens is 320 g/mol. The average molecular weight is 342 g/mol. The first kappa shape index (κ1) is 17.2. The second-order valence-electron chi connectivity index (χ2n) is 5.76. The summed E-state index contributed by atoms with van der Waals surface area (Å²) in [4.78, 5) is 16.8. The Balaban J connectivity index is 1.70. The van der Waals surface area contributed by atoms with Gasteiger partial charge >= 0.3 is 0 Å². The van der Waals surface area contributed by atoms with Gasteiger partial charge in [0.05, 0.1) is 38.4 Å². The van der Waals surface area contributed by atoms with Gasteiger partial charge in [-0.3, -0.25) is 15.2 Å². The van der Waals surface area contributed by atoms with E-state index in [-0.39, 0.29) is 17.9 Å². The maximum absolute atomic E-state index is 12.6. The third kappa shape index (κ3) is 3.89. The molecule has 1 aromatic carbocycles. The van der Waals surface area contributed by atoms with Crippen LogP contribution in [0.1, 0.15) is 17.3 Å². The van der Waals surface area contributed by atoms with E-state index in [1.807, 2.05) is 36.4 Å². The Labute approximate surface area is 146 Å². The molecule has 0 aliphatic carbocycles. The summed E-state index contributed by atoms with van der Waals surface area (Å²) >= 11 is 0. The molecule has 1 saturated heterocycles. The predicted molar refractivity (Wildman–Crippen MR) is 93.0 cm³/mol. The molecule has 1 aromatic heterocycles. The van der Waals surface area contributed by atoms with E-state index in [0.29, 0.717) is 24.6 Å². The molecular formula is C18H22N4O3. The number of carbonyl (C=O) groups excluding carboxylic acids is 1. The number of hydrogen-bond acceptors (Lipinski definition) is 6. The molecule has 0 spiro atoms. The Hall–Kier alpha value is -2.64. The van der Waals surface area contributed by atoms with Crippen molar-refractivity contribution in [3.63, 3.8) is 0 Å². The summed E-state index contributed by atoms with van der Waals surface area (Å²) in [6.45, 7) is 0.960. The lowest BCUT2D eigenvalue weighted by Crippen LogP contribution is -2.34. The van der Waals surface area contributed by atoms with Crippen LogP contribution in [0, 0.1) is 5.92 Å². The van der Waals surface area contributed by atoms with E-state index in [0.717, 1.165) is 11.3 Å². The fourth-order valence-corrected chi connectivity index (χ4v) is 2.91. The van der Waals surface area contributed by atoms with Crippen LogP contribution in [0.4, 0.5) is 0 Å². The first-order valence-corrected chi connectivity index (χ1v) is 8.11. The highest BCUT2D eigenvalue weighted by atomic mass is 16.5. The molecule has 1 amide bonds. The van der Waals surface area contributed by atoms with Crippen LogP contribution in [0.3, 0.4) is 0 Å². The molecule has 25 heavy (non-hydrogen) atoms. The lowest BCUT2D eigenvalue weighted by Gasteiger charge is -2.19. The summed E-state index contributed by atoms with van der Waals surface area (Å²) < 4.78 is 10.6. The Morgan fingerprint density at radius 3 is 2.80 bits per heavy atom. The lowest BCUT2D eigenvalue weighted by molar-refractivity contribution is -0.125. The van der Waals surface area contributed by atoms with E-state index in [9.17, 15) is 4.79 Å². The maximum atomic E-state index is 12.6. The number of nitrogens with zero attached hydrogens (tertiary/aromatic N) is 1. The fourth-order valence-electron chi connectivity index (χ4n) is 2.91. The van der Waals surface area contributed by atoms with Crippen LogP contribution in [-0.4, -0.2) is 31.7 Å². The standard InChI is InChI=1S/C18H22N4O3/c1-24-15-7-6-12(9-16(15)25-2)17-14(11-21-22-17)18(23)20-10-13-5-3-4-8-19-13/h3-9,14,17,21-22H,10-11H2,1-2H3,(H,20,23). The summed E-state index contributed by atoms with van der Waals surface area (Å²) in [6, 6.07) is 11.2. The lowest BCUT2D eigenvalue weighted by atomic mass is 9.94. The normalized spacial score (nSPS) is 19.4. The monoisotopic (exact) mass is 342 g/mol. The van der Waals surface area contributed by atoms with Gasteiger partial charge in [0.25, 0.3) is 0 Å². The zero-order chi connectivity index (χ0) is 17.6. The molecule has 2 aromatic rings.